The van der Waals surface area contributed by atoms with E-state index in [0.717, 1.165) is 28.5 Å². The van der Waals surface area contributed by atoms with Crippen molar-refractivity contribution in [2.75, 3.05) is 13.2 Å². The van der Waals surface area contributed by atoms with E-state index < -0.39 is 11.7 Å². The van der Waals surface area contributed by atoms with Crippen molar-refractivity contribution in [3.8, 4) is 11.1 Å². The second-order valence-corrected chi connectivity index (χ2v) is 6.52. The van der Waals surface area contributed by atoms with E-state index in [1.807, 2.05) is 24.3 Å². The van der Waals surface area contributed by atoms with E-state index in [4.69, 9.17) is 5.11 Å². The number of nitrogens with one attached hydrogen (secondary N) is 1. The lowest BCUT2D eigenvalue weighted by Gasteiger charge is -2.11. The minimum Gasteiger partial charge on any atom is -0.392 e. The van der Waals surface area contributed by atoms with Crippen molar-refractivity contribution in [3.05, 3.63) is 83.9 Å². The molecule has 0 atom stereocenters. The summed E-state index contributed by atoms with van der Waals surface area (Å²) < 4.78 is 38.4. The molecular weight excluding hydrogens is 379 g/mol. The van der Waals surface area contributed by atoms with Gasteiger partial charge < -0.3 is 10.4 Å². The van der Waals surface area contributed by atoms with Crippen LogP contribution in [0.2, 0.25) is 0 Å². The minimum atomic E-state index is -4.37. The van der Waals surface area contributed by atoms with E-state index in [1.54, 1.807) is 24.3 Å². The van der Waals surface area contributed by atoms with Gasteiger partial charge in [-0.2, -0.15) is 13.2 Å². The van der Waals surface area contributed by atoms with Gasteiger partial charge in [0.15, 0.2) is 0 Å². The summed E-state index contributed by atoms with van der Waals surface area (Å²) in [6.07, 6.45) is -0.340. The van der Waals surface area contributed by atoms with Crippen molar-refractivity contribution >= 4 is 16.7 Å². The van der Waals surface area contributed by atoms with Crippen molar-refractivity contribution < 1.29 is 23.1 Å². The van der Waals surface area contributed by atoms with Crippen LogP contribution in [0.5, 0.6) is 0 Å². The first-order chi connectivity index (χ1) is 13.9. The van der Waals surface area contributed by atoms with E-state index in [-0.39, 0.29) is 12.5 Å². The summed E-state index contributed by atoms with van der Waals surface area (Å²) in [6.45, 7) is 0.429. The molecule has 0 aromatic heterocycles. The second kappa shape index (κ2) is 8.92. The van der Waals surface area contributed by atoms with Crippen LogP contribution in [0, 0.1) is 0 Å². The van der Waals surface area contributed by atoms with E-state index >= 15 is 0 Å². The second-order valence-electron chi connectivity index (χ2n) is 6.52. The predicted molar refractivity (Wildman–Crippen MR) is 108 cm³/mol. The molecule has 3 aromatic carbocycles. The summed E-state index contributed by atoms with van der Waals surface area (Å²) in [5.74, 6) is -0.204. The molecular formula is C23H20F3NO2. The number of alkyl halides is 3. The van der Waals surface area contributed by atoms with Crippen LogP contribution >= 0.6 is 0 Å². The maximum atomic E-state index is 12.8. The predicted octanol–water partition coefficient (Wildman–Crippen LogP) is 5.19. The third-order valence-corrected chi connectivity index (χ3v) is 4.53. The van der Waals surface area contributed by atoms with Gasteiger partial charge in [-0.15, -0.1) is 0 Å². The van der Waals surface area contributed by atoms with Crippen LogP contribution in [-0.4, -0.2) is 24.2 Å². The van der Waals surface area contributed by atoms with Gasteiger partial charge in [0.25, 0.3) is 5.91 Å². The number of hydrogen-bond donors (Lipinski definition) is 2. The Morgan fingerprint density at radius 2 is 1.76 bits per heavy atom. The fourth-order valence-corrected chi connectivity index (χ4v) is 3.08. The Morgan fingerprint density at radius 3 is 2.45 bits per heavy atom. The van der Waals surface area contributed by atoms with Crippen LogP contribution in [0.3, 0.4) is 0 Å². The quantitative estimate of drug-likeness (QED) is 0.443. The zero-order chi connectivity index (χ0) is 20.9. The maximum absolute atomic E-state index is 12.8. The molecule has 3 aromatic rings. The molecule has 0 fully saturated rings. The van der Waals surface area contributed by atoms with E-state index in [2.05, 4.69) is 5.32 Å². The third-order valence-electron chi connectivity index (χ3n) is 4.53. The van der Waals surface area contributed by atoms with Crippen molar-refractivity contribution in [2.24, 2.45) is 0 Å². The molecule has 0 aliphatic rings. The number of aliphatic hydroxyl groups excluding tert-OH is 1. The summed E-state index contributed by atoms with van der Waals surface area (Å²) >= 11 is 0. The first-order valence-corrected chi connectivity index (χ1v) is 9.14. The number of fused-ring (bicyclic) bond motifs is 1. The van der Waals surface area contributed by atoms with Crippen LogP contribution in [0.15, 0.2) is 72.8 Å². The largest absolute Gasteiger partial charge is 0.416 e. The van der Waals surface area contributed by atoms with Crippen molar-refractivity contribution in [1.29, 1.82) is 0 Å². The first-order valence-electron chi connectivity index (χ1n) is 9.14. The van der Waals surface area contributed by atoms with Gasteiger partial charge in [0.05, 0.1) is 12.2 Å². The highest BCUT2D eigenvalue weighted by molar-refractivity contribution is 6.02. The van der Waals surface area contributed by atoms with Gasteiger partial charge in [-0.05, 0) is 52.6 Å². The van der Waals surface area contributed by atoms with Gasteiger partial charge in [0.1, 0.15) is 0 Å². The Balaban J connectivity index is 1.83. The highest BCUT2D eigenvalue weighted by Gasteiger charge is 2.30. The molecule has 0 spiro atoms. The molecule has 150 valence electrons. The number of carbonyl (C=O) groups excluding carboxylic acids is 1. The average molecular weight is 399 g/mol. The lowest BCUT2D eigenvalue weighted by atomic mass is 9.96. The fraction of sp³-hybridized carbons (Fsp3) is 0.174. The van der Waals surface area contributed by atoms with Gasteiger partial charge in [0, 0.05) is 12.1 Å². The topological polar surface area (TPSA) is 49.3 Å². The molecule has 0 saturated heterocycles. The molecule has 0 bridgehead atoms. The molecule has 29 heavy (non-hydrogen) atoms. The molecule has 6 heteroatoms. The minimum absolute atomic E-state index is 0.0279. The van der Waals surface area contributed by atoms with Crippen LogP contribution in [0.25, 0.3) is 21.9 Å². The lowest BCUT2D eigenvalue weighted by Crippen LogP contribution is -2.24. The monoisotopic (exact) mass is 399 g/mol. The van der Waals surface area contributed by atoms with Gasteiger partial charge in [-0.25, -0.2) is 0 Å². The number of rotatable bonds is 6. The first kappa shape index (κ1) is 20.6. The summed E-state index contributed by atoms with van der Waals surface area (Å²) in [5.41, 5.74) is 1.30. The molecule has 0 radical (unpaired) electrons. The van der Waals surface area contributed by atoms with Crippen LogP contribution in [0.1, 0.15) is 22.3 Å². The van der Waals surface area contributed by atoms with Gasteiger partial charge >= 0.3 is 6.18 Å². The summed E-state index contributed by atoms with van der Waals surface area (Å²) in [6, 6.07) is 15.9. The van der Waals surface area contributed by atoms with Crippen LogP contribution < -0.4 is 5.32 Å². The van der Waals surface area contributed by atoms with Gasteiger partial charge in [0.2, 0.25) is 0 Å². The van der Waals surface area contributed by atoms with E-state index in [1.165, 1.54) is 12.1 Å². The normalized spacial score (nSPS) is 11.9. The average Bonchev–Trinajstić information content (AvgIpc) is 2.72. The Hall–Kier alpha value is -3.12. The highest BCUT2D eigenvalue weighted by Crippen LogP contribution is 2.33. The zero-order valence-corrected chi connectivity index (χ0v) is 15.5. The van der Waals surface area contributed by atoms with Gasteiger partial charge in [-0.1, -0.05) is 48.6 Å². The summed E-state index contributed by atoms with van der Waals surface area (Å²) in [7, 11) is 0. The van der Waals surface area contributed by atoms with E-state index in [0.29, 0.717) is 24.1 Å². The molecule has 3 rings (SSSR count). The number of hydrogen-bond acceptors (Lipinski definition) is 2. The zero-order valence-electron chi connectivity index (χ0n) is 15.5. The molecule has 0 saturated carbocycles. The molecule has 2 N–H and O–H groups in total. The highest BCUT2D eigenvalue weighted by atomic mass is 19.4. The number of halogens is 3. The van der Waals surface area contributed by atoms with Crippen molar-refractivity contribution in [1.82, 2.24) is 5.32 Å². The van der Waals surface area contributed by atoms with Gasteiger partial charge in [-0.3, -0.25) is 4.79 Å². The SMILES string of the molecule is O=C(NCC/C=C/CO)c1ccc2c(-c3ccc(C(F)(F)F)cc3)cccc2c1. The Morgan fingerprint density at radius 1 is 1.00 bits per heavy atom. The molecule has 3 nitrogen and oxygen atoms in total. The number of aliphatic hydroxyl groups is 1. The smallest absolute Gasteiger partial charge is 0.392 e. The summed E-state index contributed by atoms with van der Waals surface area (Å²) in [5, 5.41) is 13.2. The van der Waals surface area contributed by atoms with Crippen molar-refractivity contribution in [2.45, 2.75) is 12.6 Å². The number of amides is 1. The Bertz CT molecular complexity index is 1020. The molecule has 0 aliphatic heterocycles. The lowest BCUT2D eigenvalue weighted by molar-refractivity contribution is -0.137. The molecule has 1 amide bonds. The number of carbonyl (C=O) groups is 1. The standard InChI is InChI=1S/C23H20F3NO2/c24-23(25,26)19-10-7-16(8-11-19)20-6-4-5-17-15-18(9-12-21(17)20)22(29)27-13-2-1-3-14-28/h1,3-12,15,28H,2,13-14H2,(H,27,29)/b3-1+. The third kappa shape index (κ3) is 5.03. The Labute approximate surface area is 166 Å². The number of benzene rings is 3. The Kier molecular flexibility index (Phi) is 6.34. The van der Waals surface area contributed by atoms with Crippen LogP contribution in [-0.2, 0) is 6.18 Å². The van der Waals surface area contributed by atoms with Crippen molar-refractivity contribution in [3.63, 3.8) is 0 Å². The summed E-state index contributed by atoms with van der Waals surface area (Å²) in [4.78, 5) is 12.3. The maximum Gasteiger partial charge on any atom is 0.416 e. The van der Waals surface area contributed by atoms with Crippen LogP contribution in [0.4, 0.5) is 13.2 Å². The molecule has 0 aliphatic carbocycles. The van der Waals surface area contributed by atoms with E-state index in [9.17, 15) is 18.0 Å². The fourth-order valence-electron chi connectivity index (χ4n) is 3.08. The molecule has 0 heterocycles. The molecule has 0 unspecified atom stereocenters.